The molecule has 25 heavy (non-hydrogen) atoms. The van der Waals surface area contributed by atoms with Crippen LogP contribution in [0.1, 0.15) is 39.2 Å². The predicted molar refractivity (Wildman–Crippen MR) is 117 cm³/mol. The number of anilines is 1. The summed E-state index contributed by atoms with van der Waals surface area (Å²) in [5, 5.41) is 8.97. The van der Waals surface area contributed by atoms with E-state index in [0.717, 1.165) is 30.2 Å². The number of amides is 2. The zero-order valence-electron chi connectivity index (χ0n) is 15.9. The number of guanidine groups is 1. The molecule has 0 saturated carbocycles. The molecule has 1 aromatic rings. The lowest BCUT2D eigenvalue weighted by molar-refractivity contribution is 0.250. The Morgan fingerprint density at radius 2 is 1.88 bits per heavy atom. The summed E-state index contributed by atoms with van der Waals surface area (Å²) in [5.74, 6) is 0.891. The smallest absolute Gasteiger partial charge is 0.319 e. The van der Waals surface area contributed by atoms with Crippen LogP contribution in [0.3, 0.4) is 0 Å². The molecule has 1 aromatic carbocycles. The third-order valence-electron chi connectivity index (χ3n) is 3.50. The van der Waals surface area contributed by atoms with E-state index in [2.05, 4.69) is 32.8 Å². The van der Waals surface area contributed by atoms with Gasteiger partial charge in [-0.1, -0.05) is 25.5 Å². The maximum Gasteiger partial charge on any atom is 0.319 e. The summed E-state index contributed by atoms with van der Waals surface area (Å²) in [6.45, 7) is 7.73. The molecule has 0 saturated heterocycles. The van der Waals surface area contributed by atoms with Gasteiger partial charge in [-0.2, -0.15) is 0 Å². The second kappa shape index (κ2) is 12.8. The Balaban J connectivity index is 0.00000576. The Bertz CT molecular complexity index is 531. The van der Waals surface area contributed by atoms with Crippen LogP contribution in [0.5, 0.6) is 0 Å². The van der Waals surface area contributed by atoms with E-state index in [-0.39, 0.29) is 36.0 Å². The molecule has 0 aliphatic carbocycles. The highest BCUT2D eigenvalue weighted by Crippen LogP contribution is 2.09. The zero-order valence-corrected chi connectivity index (χ0v) is 18.3. The topological polar surface area (TPSA) is 68.8 Å². The van der Waals surface area contributed by atoms with Gasteiger partial charge in [0.15, 0.2) is 5.96 Å². The fourth-order valence-electron chi connectivity index (χ4n) is 2.20. The van der Waals surface area contributed by atoms with Gasteiger partial charge in [0.2, 0.25) is 0 Å². The summed E-state index contributed by atoms with van der Waals surface area (Å²) in [6.07, 6.45) is 2.32. The lowest BCUT2D eigenvalue weighted by atomic mass is 10.2. The molecule has 0 spiro atoms. The van der Waals surface area contributed by atoms with Crippen LogP contribution in [0.4, 0.5) is 10.5 Å². The van der Waals surface area contributed by atoms with Crippen LogP contribution >= 0.6 is 24.0 Å². The van der Waals surface area contributed by atoms with Crippen molar-refractivity contribution in [2.75, 3.05) is 26.0 Å². The summed E-state index contributed by atoms with van der Waals surface area (Å²) in [6, 6.07) is 7.73. The molecule has 0 bridgehead atoms. The van der Waals surface area contributed by atoms with Crippen LogP contribution in [0.25, 0.3) is 0 Å². The van der Waals surface area contributed by atoms with Crippen molar-refractivity contribution in [2.24, 2.45) is 4.99 Å². The number of urea groups is 1. The van der Waals surface area contributed by atoms with Gasteiger partial charge in [-0.15, -0.1) is 24.0 Å². The third kappa shape index (κ3) is 9.52. The molecular formula is C18H32IN5O. The Morgan fingerprint density at radius 3 is 2.40 bits per heavy atom. The number of carbonyl (C=O) groups is 1. The Labute approximate surface area is 168 Å². The molecule has 7 heteroatoms. The number of rotatable bonds is 7. The predicted octanol–water partition coefficient (Wildman–Crippen LogP) is 3.64. The average Bonchev–Trinajstić information content (AvgIpc) is 2.54. The molecule has 142 valence electrons. The number of unbranched alkanes of at least 4 members (excludes halogenated alkanes) is 1. The lowest BCUT2D eigenvalue weighted by Gasteiger charge is -2.21. The number of hydrogen-bond donors (Lipinski definition) is 3. The minimum absolute atomic E-state index is 0. The number of benzene rings is 1. The van der Waals surface area contributed by atoms with Crippen LogP contribution < -0.4 is 16.0 Å². The molecule has 6 nitrogen and oxygen atoms in total. The first kappa shape index (κ1) is 23.5. The molecule has 0 aliphatic rings. The number of carbonyl (C=O) groups excluding carboxylic acids is 1. The minimum atomic E-state index is -0.186. The van der Waals surface area contributed by atoms with E-state index < -0.39 is 0 Å². The largest absolute Gasteiger partial charge is 0.352 e. The van der Waals surface area contributed by atoms with Crippen molar-refractivity contribution in [2.45, 2.75) is 46.2 Å². The van der Waals surface area contributed by atoms with Gasteiger partial charge in [0.25, 0.3) is 0 Å². The van der Waals surface area contributed by atoms with Crippen LogP contribution in [0.2, 0.25) is 0 Å². The maximum atomic E-state index is 11.7. The average molecular weight is 461 g/mol. The highest BCUT2D eigenvalue weighted by atomic mass is 127. The summed E-state index contributed by atoms with van der Waals surface area (Å²) in [5.41, 5.74) is 1.91. The first-order valence-corrected chi connectivity index (χ1v) is 8.54. The molecule has 0 atom stereocenters. The van der Waals surface area contributed by atoms with Gasteiger partial charge in [-0.05, 0) is 38.0 Å². The molecule has 0 heterocycles. The Morgan fingerprint density at radius 1 is 1.24 bits per heavy atom. The minimum Gasteiger partial charge on any atom is -0.352 e. The van der Waals surface area contributed by atoms with Crippen molar-refractivity contribution in [3.05, 3.63) is 29.8 Å². The number of hydrogen-bond acceptors (Lipinski definition) is 2. The van der Waals surface area contributed by atoms with E-state index in [1.807, 2.05) is 45.2 Å². The molecule has 0 aromatic heterocycles. The van der Waals surface area contributed by atoms with Crippen LogP contribution in [-0.2, 0) is 6.54 Å². The molecular weight excluding hydrogens is 429 g/mol. The summed E-state index contributed by atoms with van der Waals surface area (Å²) in [4.78, 5) is 18.1. The van der Waals surface area contributed by atoms with Gasteiger partial charge in [0.05, 0.1) is 0 Å². The molecule has 2 amide bonds. The third-order valence-corrected chi connectivity index (χ3v) is 3.50. The molecule has 0 unspecified atom stereocenters. The quantitative estimate of drug-likeness (QED) is 0.330. The van der Waals surface area contributed by atoms with Gasteiger partial charge < -0.3 is 20.9 Å². The summed E-state index contributed by atoms with van der Waals surface area (Å²) in [7, 11) is 3.84. The fraction of sp³-hybridized carbons (Fsp3) is 0.556. The van der Waals surface area contributed by atoms with Crippen LogP contribution in [0, 0.1) is 0 Å². The molecule has 1 rings (SSSR count). The van der Waals surface area contributed by atoms with Crippen molar-refractivity contribution in [1.82, 2.24) is 15.5 Å². The SMILES string of the molecule is CCCCN(C)C(=NC)NCc1ccc(NC(=O)NC(C)C)cc1.I. The monoisotopic (exact) mass is 461 g/mol. The Hall–Kier alpha value is -1.51. The number of nitrogens with one attached hydrogen (secondary N) is 3. The molecule has 0 aliphatic heterocycles. The van der Waals surface area contributed by atoms with Gasteiger partial charge in [-0.3, -0.25) is 4.99 Å². The van der Waals surface area contributed by atoms with Crippen molar-refractivity contribution in [3.8, 4) is 0 Å². The van der Waals surface area contributed by atoms with E-state index >= 15 is 0 Å². The summed E-state index contributed by atoms with van der Waals surface area (Å²) >= 11 is 0. The van der Waals surface area contributed by atoms with Crippen molar-refractivity contribution in [1.29, 1.82) is 0 Å². The Kier molecular flexibility index (Phi) is 12.0. The normalized spacial score (nSPS) is 10.9. The molecule has 0 fully saturated rings. The van der Waals surface area contributed by atoms with E-state index in [4.69, 9.17) is 0 Å². The van der Waals surface area contributed by atoms with E-state index in [1.165, 1.54) is 6.42 Å². The second-order valence-corrected chi connectivity index (χ2v) is 6.13. The van der Waals surface area contributed by atoms with Gasteiger partial charge in [0.1, 0.15) is 0 Å². The maximum absolute atomic E-state index is 11.7. The standard InChI is InChI=1S/C18H31N5O.HI/c1-6-7-12-23(5)17(19-4)20-13-15-8-10-16(11-9-15)22-18(24)21-14(2)3;/h8-11,14H,6-7,12-13H2,1-5H3,(H,19,20)(H2,21,22,24);1H. The second-order valence-electron chi connectivity index (χ2n) is 6.13. The molecule has 0 radical (unpaired) electrons. The number of halogens is 1. The van der Waals surface area contributed by atoms with Gasteiger partial charge >= 0.3 is 6.03 Å². The van der Waals surface area contributed by atoms with E-state index in [0.29, 0.717) is 6.54 Å². The highest BCUT2D eigenvalue weighted by Gasteiger charge is 2.06. The molecule has 3 N–H and O–H groups in total. The number of nitrogens with zero attached hydrogens (tertiary/aromatic N) is 2. The lowest BCUT2D eigenvalue weighted by Crippen LogP contribution is -2.38. The first-order valence-electron chi connectivity index (χ1n) is 8.54. The van der Waals surface area contributed by atoms with Crippen molar-refractivity contribution < 1.29 is 4.79 Å². The van der Waals surface area contributed by atoms with Crippen molar-refractivity contribution in [3.63, 3.8) is 0 Å². The first-order chi connectivity index (χ1) is 11.5. The summed E-state index contributed by atoms with van der Waals surface area (Å²) < 4.78 is 0. The van der Waals surface area contributed by atoms with Crippen LogP contribution in [-0.4, -0.2) is 43.6 Å². The fourth-order valence-corrected chi connectivity index (χ4v) is 2.20. The van der Waals surface area contributed by atoms with Gasteiger partial charge in [-0.25, -0.2) is 4.79 Å². The van der Waals surface area contributed by atoms with Crippen LogP contribution in [0.15, 0.2) is 29.3 Å². The van der Waals surface area contributed by atoms with Gasteiger partial charge in [0, 0.05) is 38.9 Å². The van der Waals surface area contributed by atoms with E-state index in [1.54, 1.807) is 7.05 Å². The van der Waals surface area contributed by atoms with Crippen molar-refractivity contribution >= 4 is 41.7 Å². The highest BCUT2D eigenvalue weighted by molar-refractivity contribution is 14.0. The zero-order chi connectivity index (χ0) is 17.9. The van der Waals surface area contributed by atoms with E-state index in [9.17, 15) is 4.79 Å². The number of aliphatic imine (C=N–C) groups is 1.